The first-order valence-corrected chi connectivity index (χ1v) is 9.51. The molecule has 1 aliphatic heterocycles. The summed E-state index contributed by atoms with van der Waals surface area (Å²) in [4.78, 5) is 20.8. The molecule has 3 rings (SSSR count). The number of aliphatic imine (C=N–C) groups is 1. The van der Waals surface area contributed by atoms with Gasteiger partial charge < -0.3 is 19.9 Å². The van der Waals surface area contributed by atoms with Crippen molar-refractivity contribution in [3.63, 3.8) is 0 Å². The number of nitrogens with one attached hydrogen (secondary N) is 1. The van der Waals surface area contributed by atoms with Gasteiger partial charge in [-0.15, -0.1) is 0 Å². The number of aryl methyl sites for hydroxylation is 1. The Bertz CT molecular complexity index is 832. The highest BCUT2D eigenvalue weighted by atomic mass is 16.5. The standard InChI is InChI=1S/C20H28N6O2/c1-4-28-15-17-8-6-5-7-16(17)11-22-20(21-2)25-9-10-26(19(27)14-25)18-12-23-24(3)13-18/h5-8,12-13H,4,9-11,14-15H2,1-3H3,(H,21,22). The molecule has 0 bridgehead atoms. The van der Waals surface area contributed by atoms with Crippen LogP contribution in [0.15, 0.2) is 41.7 Å². The third kappa shape index (κ3) is 4.69. The molecule has 150 valence electrons. The molecule has 8 heteroatoms. The molecule has 1 amide bonds. The summed E-state index contributed by atoms with van der Waals surface area (Å²) in [5, 5.41) is 7.54. The van der Waals surface area contributed by atoms with E-state index >= 15 is 0 Å². The van der Waals surface area contributed by atoms with Gasteiger partial charge in [-0.1, -0.05) is 24.3 Å². The van der Waals surface area contributed by atoms with Gasteiger partial charge >= 0.3 is 0 Å². The number of guanidine groups is 1. The molecule has 1 aromatic heterocycles. The van der Waals surface area contributed by atoms with E-state index < -0.39 is 0 Å². The predicted molar refractivity (Wildman–Crippen MR) is 109 cm³/mol. The first-order valence-electron chi connectivity index (χ1n) is 9.51. The molecule has 0 spiro atoms. The average Bonchev–Trinajstić information content (AvgIpc) is 3.13. The number of aromatic nitrogens is 2. The van der Waals surface area contributed by atoms with Gasteiger partial charge in [-0.3, -0.25) is 14.5 Å². The maximum atomic E-state index is 12.6. The SMILES string of the molecule is CCOCc1ccccc1CNC(=NC)N1CCN(c2cnn(C)c2)C(=O)C1. The lowest BCUT2D eigenvalue weighted by atomic mass is 10.1. The minimum atomic E-state index is 0.0407. The molecule has 0 saturated carbocycles. The number of amides is 1. The third-order valence-corrected chi connectivity index (χ3v) is 4.75. The number of carbonyl (C=O) groups is 1. The first kappa shape index (κ1) is 19.9. The number of rotatable bonds is 6. The van der Waals surface area contributed by atoms with E-state index in [9.17, 15) is 4.79 Å². The van der Waals surface area contributed by atoms with Crippen LogP contribution in [0.2, 0.25) is 0 Å². The van der Waals surface area contributed by atoms with Crippen molar-refractivity contribution in [2.45, 2.75) is 20.1 Å². The molecule has 0 atom stereocenters. The predicted octanol–water partition coefficient (Wildman–Crippen LogP) is 1.38. The minimum absolute atomic E-state index is 0.0407. The molecular weight excluding hydrogens is 356 g/mol. The van der Waals surface area contributed by atoms with Crippen molar-refractivity contribution in [1.82, 2.24) is 20.0 Å². The number of anilines is 1. The van der Waals surface area contributed by atoms with E-state index in [2.05, 4.69) is 27.5 Å². The lowest BCUT2D eigenvalue weighted by Crippen LogP contribution is -2.55. The van der Waals surface area contributed by atoms with Crippen molar-refractivity contribution in [1.29, 1.82) is 0 Å². The molecule has 28 heavy (non-hydrogen) atoms. The summed E-state index contributed by atoms with van der Waals surface area (Å²) >= 11 is 0. The summed E-state index contributed by atoms with van der Waals surface area (Å²) < 4.78 is 7.26. The average molecular weight is 384 g/mol. The highest BCUT2D eigenvalue weighted by Crippen LogP contribution is 2.16. The fraction of sp³-hybridized carbons (Fsp3) is 0.450. The van der Waals surface area contributed by atoms with Crippen LogP contribution in [-0.4, -0.2) is 59.8 Å². The van der Waals surface area contributed by atoms with Crippen molar-refractivity contribution in [3.8, 4) is 0 Å². The number of nitrogens with zero attached hydrogens (tertiary/aromatic N) is 5. The Hall–Kier alpha value is -2.87. The van der Waals surface area contributed by atoms with Crippen molar-refractivity contribution in [2.24, 2.45) is 12.0 Å². The van der Waals surface area contributed by atoms with Crippen LogP contribution in [0.4, 0.5) is 5.69 Å². The molecule has 0 radical (unpaired) electrons. The lowest BCUT2D eigenvalue weighted by molar-refractivity contribution is -0.120. The van der Waals surface area contributed by atoms with Crippen LogP contribution in [0.1, 0.15) is 18.1 Å². The summed E-state index contributed by atoms with van der Waals surface area (Å²) in [5.74, 6) is 0.768. The molecule has 1 aromatic carbocycles. The smallest absolute Gasteiger partial charge is 0.246 e. The monoisotopic (exact) mass is 384 g/mol. The maximum Gasteiger partial charge on any atom is 0.246 e. The van der Waals surface area contributed by atoms with E-state index in [0.29, 0.717) is 32.8 Å². The quantitative estimate of drug-likeness (QED) is 0.602. The summed E-state index contributed by atoms with van der Waals surface area (Å²) in [6, 6.07) is 8.19. The van der Waals surface area contributed by atoms with Crippen molar-refractivity contribution in [2.75, 3.05) is 38.2 Å². The van der Waals surface area contributed by atoms with Crippen LogP contribution < -0.4 is 10.2 Å². The van der Waals surface area contributed by atoms with Gasteiger partial charge in [0, 0.05) is 46.5 Å². The number of carbonyl (C=O) groups excluding carboxylic acids is 1. The Balaban J connectivity index is 1.60. The molecule has 8 nitrogen and oxygen atoms in total. The van der Waals surface area contributed by atoms with E-state index in [4.69, 9.17) is 4.74 Å². The normalized spacial score (nSPS) is 15.2. The zero-order chi connectivity index (χ0) is 19.9. The van der Waals surface area contributed by atoms with Gasteiger partial charge in [-0.25, -0.2) is 0 Å². The largest absolute Gasteiger partial charge is 0.377 e. The Morgan fingerprint density at radius 2 is 2.07 bits per heavy atom. The van der Waals surface area contributed by atoms with Gasteiger partial charge in [0.15, 0.2) is 5.96 Å². The molecule has 0 unspecified atom stereocenters. The van der Waals surface area contributed by atoms with Gasteiger partial charge in [0.1, 0.15) is 6.54 Å². The van der Waals surface area contributed by atoms with Gasteiger partial charge in [-0.05, 0) is 18.1 Å². The Kier molecular flexibility index (Phi) is 6.65. The summed E-state index contributed by atoms with van der Waals surface area (Å²) in [6.07, 6.45) is 3.58. The molecule has 1 fully saturated rings. The second-order valence-electron chi connectivity index (χ2n) is 6.65. The van der Waals surface area contributed by atoms with Crippen molar-refractivity contribution >= 4 is 17.6 Å². The number of hydrogen-bond acceptors (Lipinski definition) is 4. The fourth-order valence-corrected chi connectivity index (χ4v) is 3.26. The topological polar surface area (TPSA) is 75.0 Å². The zero-order valence-corrected chi connectivity index (χ0v) is 16.8. The highest BCUT2D eigenvalue weighted by molar-refractivity contribution is 5.98. The van der Waals surface area contributed by atoms with E-state index in [-0.39, 0.29) is 12.5 Å². The highest BCUT2D eigenvalue weighted by Gasteiger charge is 2.27. The van der Waals surface area contributed by atoms with Crippen LogP contribution in [0.25, 0.3) is 0 Å². The van der Waals surface area contributed by atoms with Gasteiger partial charge in [0.05, 0.1) is 18.5 Å². The third-order valence-electron chi connectivity index (χ3n) is 4.75. The van der Waals surface area contributed by atoms with Gasteiger partial charge in [-0.2, -0.15) is 5.10 Å². The van der Waals surface area contributed by atoms with Crippen molar-refractivity contribution in [3.05, 3.63) is 47.8 Å². The van der Waals surface area contributed by atoms with Gasteiger partial charge in [0.25, 0.3) is 0 Å². The molecule has 0 aliphatic carbocycles. The van der Waals surface area contributed by atoms with E-state index in [1.165, 1.54) is 0 Å². The molecule has 2 aromatic rings. The van der Waals surface area contributed by atoms with Gasteiger partial charge in [0.2, 0.25) is 5.91 Å². The second kappa shape index (κ2) is 9.36. The van der Waals surface area contributed by atoms with E-state index in [1.807, 2.05) is 37.2 Å². The van der Waals surface area contributed by atoms with Crippen LogP contribution in [0, 0.1) is 0 Å². The Morgan fingerprint density at radius 3 is 2.71 bits per heavy atom. The molecule has 1 aliphatic rings. The summed E-state index contributed by atoms with van der Waals surface area (Å²) in [6.45, 7) is 5.50. The Morgan fingerprint density at radius 1 is 1.29 bits per heavy atom. The molecule has 1 saturated heterocycles. The van der Waals surface area contributed by atoms with E-state index in [1.54, 1.807) is 22.8 Å². The number of hydrogen-bond donors (Lipinski definition) is 1. The maximum absolute atomic E-state index is 12.6. The minimum Gasteiger partial charge on any atom is -0.377 e. The van der Waals surface area contributed by atoms with Crippen LogP contribution in [0.3, 0.4) is 0 Å². The number of piperazine rings is 1. The first-order chi connectivity index (χ1) is 13.6. The van der Waals surface area contributed by atoms with Crippen molar-refractivity contribution < 1.29 is 9.53 Å². The number of benzene rings is 1. The number of ether oxygens (including phenoxy) is 1. The van der Waals surface area contributed by atoms with Crippen LogP contribution in [-0.2, 0) is 29.7 Å². The lowest BCUT2D eigenvalue weighted by Gasteiger charge is -2.35. The van der Waals surface area contributed by atoms with Crippen LogP contribution in [0.5, 0.6) is 0 Å². The summed E-state index contributed by atoms with van der Waals surface area (Å²) in [5.41, 5.74) is 3.15. The molecule has 1 N–H and O–H groups in total. The zero-order valence-electron chi connectivity index (χ0n) is 16.8. The Labute approximate surface area is 165 Å². The molecule has 2 heterocycles. The second-order valence-corrected chi connectivity index (χ2v) is 6.65. The molecular formula is C20H28N6O2. The van der Waals surface area contributed by atoms with Crippen LogP contribution >= 0.6 is 0 Å². The summed E-state index contributed by atoms with van der Waals surface area (Å²) in [7, 11) is 3.59. The van der Waals surface area contributed by atoms with E-state index in [0.717, 1.165) is 22.8 Å². The fourth-order valence-electron chi connectivity index (χ4n) is 3.26.